The summed E-state index contributed by atoms with van der Waals surface area (Å²) in [5.74, 6) is 0.239. The number of aromatic nitrogens is 6. The zero-order chi connectivity index (χ0) is 12.1. The summed E-state index contributed by atoms with van der Waals surface area (Å²) in [6, 6.07) is 0. The van der Waals surface area contributed by atoms with Crippen molar-refractivity contribution in [2.45, 2.75) is 26.4 Å². The number of nitrogens with one attached hydrogen (secondary N) is 1. The Bertz CT molecular complexity index is 475. The van der Waals surface area contributed by atoms with Gasteiger partial charge >= 0.3 is 0 Å². The van der Waals surface area contributed by atoms with Crippen LogP contribution in [0.1, 0.15) is 13.3 Å². The Balaban J connectivity index is 1.89. The van der Waals surface area contributed by atoms with Crippen LogP contribution in [0, 0.1) is 0 Å². The van der Waals surface area contributed by atoms with Crippen LogP contribution in [-0.4, -0.2) is 35.7 Å². The van der Waals surface area contributed by atoms with Gasteiger partial charge in [-0.05, 0) is 6.42 Å². The number of carbonyl (C=O) groups is 1. The van der Waals surface area contributed by atoms with Crippen molar-refractivity contribution >= 4 is 11.7 Å². The van der Waals surface area contributed by atoms with Gasteiger partial charge in [0.25, 0.3) is 0 Å². The van der Waals surface area contributed by atoms with Crippen molar-refractivity contribution in [2.75, 3.05) is 5.32 Å². The average molecular weight is 235 g/mol. The molecule has 0 spiro atoms. The van der Waals surface area contributed by atoms with Crippen LogP contribution < -0.4 is 5.32 Å². The predicted octanol–water partition coefficient (Wildman–Crippen LogP) is -0.0817. The number of rotatable bonds is 5. The summed E-state index contributed by atoms with van der Waals surface area (Å²) in [5, 5.41) is 14.2. The van der Waals surface area contributed by atoms with Crippen LogP contribution in [0.15, 0.2) is 18.9 Å². The maximum Gasteiger partial charge on any atom is 0.247 e. The molecule has 0 unspecified atom stereocenters. The minimum Gasteiger partial charge on any atom is -0.306 e. The summed E-state index contributed by atoms with van der Waals surface area (Å²) in [4.78, 5) is 15.3. The summed E-state index contributed by atoms with van der Waals surface area (Å²) in [5.41, 5.74) is 0. The van der Waals surface area contributed by atoms with E-state index >= 15 is 0 Å². The van der Waals surface area contributed by atoms with Crippen molar-refractivity contribution in [3.8, 4) is 0 Å². The minimum absolute atomic E-state index is 0.112. The van der Waals surface area contributed by atoms with Crippen LogP contribution >= 0.6 is 0 Å². The van der Waals surface area contributed by atoms with E-state index in [0.717, 1.165) is 13.0 Å². The molecule has 17 heavy (non-hydrogen) atoms. The number of amides is 1. The molecule has 1 N–H and O–H groups in total. The van der Waals surface area contributed by atoms with E-state index in [2.05, 4.69) is 25.7 Å². The van der Waals surface area contributed by atoms with E-state index in [9.17, 15) is 4.79 Å². The lowest BCUT2D eigenvalue weighted by molar-refractivity contribution is -0.116. The van der Waals surface area contributed by atoms with Crippen LogP contribution in [0.3, 0.4) is 0 Å². The molecule has 0 aliphatic rings. The number of hydrogen-bond donors (Lipinski definition) is 1. The zero-order valence-electron chi connectivity index (χ0n) is 9.44. The van der Waals surface area contributed by atoms with Crippen LogP contribution in [0.5, 0.6) is 0 Å². The summed E-state index contributed by atoms with van der Waals surface area (Å²) >= 11 is 0. The third kappa shape index (κ3) is 3.10. The monoisotopic (exact) mass is 235 g/mol. The Morgan fingerprint density at radius 2 is 2.35 bits per heavy atom. The Morgan fingerprint density at radius 1 is 1.47 bits per heavy atom. The van der Waals surface area contributed by atoms with Gasteiger partial charge < -0.3 is 5.32 Å². The maximum atomic E-state index is 11.6. The molecule has 0 saturated carbocycles. The highest BCUT2D eigenvalue weighted by Gasteiger charge is 2.06. The van der Waals surface area contributed by atoms with Gasteiger partial charge in [0, 0.05) is 6.54 Å². The molecule has 2 aromatic rings. The molecule has 0 radical (unpaired) electrons. The molecular weight excluding hydrogens is 222 g/mol. The number of aryl methyl sites for hydroxylation is 1. The van der Waals surface area contributed by atoms with Crippen LogP contribution in [0.2, 0.25) is 0 Å². The standard InChI is InChI=1S/C9H13N7O/c1-2-3-15-4-8(13-14-15)12-9(17)5-16-7-10-6-11-16/h4,6-7H,2-3,5H2,1H3,(H,12,17). The summed E-state index contributed by atoms with van der Waals surface area (Å²) in [6.45, 7) is 2.94. The Labute approximate surface area is 97.6 Å². The number of carbonyl (C=O) groups excluding carboxylic acids is 1. The molecule has 90 valence electrons. The van der Waals surface area contributed by atoms with Crippen LogP contribution in [0.4, 0.5) is 5.82 Å². The van der Waals surface area contributed by atoms with Gasteiger partial charge in [0.05, 0.1) is 6.20 Å². The van der Waals surface area contributed by atoms with E-state index in [1.807, 2.05) is 6.92 Å². The van der Waals surface area contributed by atoms with E-state index < -0.39 is 0 Å². The van der Waals surface area contributed by atoms with Gasteiger partial charge in [-0.2, -0.15) is 5.10 Å². The smallest absolute Gasteiger partial charge is 0.247 e. The molecule has 2 rings (SSSR count). The molecule has 0 aliphatic heterocycles. The molecule has 2 heterocycles. The Kier molecular flexibility index (Phi) is 3.43. The van der Waals surface area contributed by atoms with Gasteiger partial charge in [-0.15, -0.1) is 5.10 Å². The molecule has 0 aliphatic carbocycles. The van der Waals surface area contributed by atoms with Crippen molar-refractivity contribution in [2.24, 2.45) is 0 Å². The lowest BCUT2D eigenvalue weighted by Gasteiger charge is -2.00. The first-order valence-electron chi connectivity index (χ1n) is 5.30. The van der Waals surface area contributed by atoms with Gasteiger partial charge in [-0.25, -0.2) is 9.67 Å². The first-order valence-corrected chi connectivity index (χ1v) is 5.30. The first kappa shape index (κ1) is 11.2. The van der Waals surface area contributed by atoms with Crippen molar-refractivity contribution in [1.82, 2.24) is 29.8 Å². The molecule has 8 heteroatoms. The van der Waals surface area contributed by atoms with Crippen molar-refractivity contribution in [1.29, 1.82) is 0 Å². The number of anilines is 1. The van der Waals surface area contributed by atoms with E-state index in [0.29, 0.717) is 5.82 Å². The highest BCUT2D eigenvalue weighted by atomic mass is 16.2. The second-order valence-corrected chi connectivity index (χ2v) is 3.51. The summed E-state index contributed by atoms with van der Waals surface area (Å²) in [6.07, 6.45) is 5.52. The molecule has 2 aromatic heterocycles. The predicted molar refractivity (Wildman–Crippen MR) is 59.0 cm³/mol. The SMILES string of the molecule is CCCn1cc(NC(=O)Cn2cncn2)nn1. The zero-order valence-corrected chi connectivity index (χ0v) is 9.44. The van der Waals surface area contributed by atoms with Gasteiger partial charge in [0.15, 0.2) is 5.82 Å². The summed E-state index contributed by atoms with van der Waals surface area (Å²) < 4.78 is 3.12. The second kappa shape index (κ2) is 5.19. The molecule has 0 atom stereocenters. The second-order valence-electron chi connectivity index (χ2n) is 3.51. The van der Waals surface area contributed by atoms with E-state index in [1.54, 1.807) is 10.9 Å². The molecule has 0 bridgehead atoms. The fourth-order valence-corrected chi connectivity index (χ4v) is 1.34. The number of nitrogens with zero attached hydrogens (tertiary/aromatic N) is 6. The molecule has 0 saturated heterocycles. The topological polar surface area (TPSA) is 90.5 Å². The van der Waals surface area contributed by atoms with E-state index in [-0.39, 0.29) is 12.5 Å². The van der Waals surface area contributed by atoms with Crippen molar-refractivity contribution < 1.29 is 4.79 Å². The molecule has 1 amide bonds. The highest BCUT2D eigenvalue weighted by Crippen LogP contribution is 2.00. The van der Waals surface area contributed by atoms with Crippen molar-refractivity contribution in [3.63, 3.8) is 0 Å². The molecular formula is C9H13N7O. The maximum absolute atomic E-state index is 11.6. The third-order valence-electron chi connectivity index (χ3n) is 2.03. The van der Waals surface area contributed by atoms with Gasteiger partial charge in [-0.3, -0.25) is 9.48 Å². The first-order chi connectivity index (χ1) is 8.28. The van der Waals surface area contributed by atoms with Gasteiger partial charge in [-0.1, -0.05) is 12.1 Å². The Hall–Kier alpha value is -2.25. The molecule has 0 aromatic carbocycles. The highest BCUT2D eigenvalue weighted by molar-refractivity contribution is 5.89. The Morgan fingerprint density at radius 3 is 3.06 bits per heavy atom. The average Bonchev–Trinajstić information content (AvgIpc) is 2.91. The normalized spacial score (nSPS) is 10.4. The molecule has 8 nitrogen and oxygen atoms in total. The van der Waals surface area contributed by atoms with E-state index in [4.69, 9.17) is 0 Å². The lowest BCUT2D eigenvalue weighted by atomic mass is 10.5. The van der Waals surface area contributed by atoms with E-state index in [1.165, 1.54) is 17.3 Å². The van der Waals surface area contributed by atoms with Crippen LogP contribution in [0.25, 0.3) is 0 Å². The minimum atomic E-state index is -0.209. The largest absolute Gasteiger partial charge is 0.306 e. The van der Waals surface area contributed by atoms with Crippen molar-refractivity contribution in [3.05, 3.63) is 18.9 Å². The van der Waals surface area contributed by atoms with Gasteiger partial charge in [0.2, 0.25) is 5.91 Å². The third-order valence-corrected chi connectivity index (χ3v) is 2.03. The molecule has 0 fully saturated rings. The summed E-state index contributed by atoms with van der Waals surface area (Å²) in [7, 11) is 0. The van der Waals surface area contributed by atoms with Gasteiger partial charge in [0.1, 0.15) is 19.2 Å². The quantitative estimate of drug-likeness (QED) is 0.782. The number of hydrogen-bond acceptors (Lipinski definition) is 5. The fraction of sp³-hybridized carbons (Fsp3) is 0.444. The fourth-order valence-electron chi connectivity index (χ4n) is 1.34. The lowest BCUT2D eigenvalue weighted by Crippen LogP contribution is -2.19. The van der Waals surface area contributed by atoms with Crippen LogP contribution in [-0.2, 0) is 17.9 Å².